The first kappa shape index (κ1) is 13.1. The molecular formula is C15H22BrN. The van der Waals surface area contributed by atoms with Crippen LogP contribution in [0, 0.1) is 5.41 Å². The van der Waals surface area contributed by atoms with Crippen molar-refractivity contribution >= 4 is 15.9 Å². The highest BCUT2D eigenvalue weighted by Gasteiger charge is 2.38. The van der Waals surface area contributed by atoms with Gasteiger partial charge >= 0.3 is 0 Å². The predicted octanol–water partition coefficient (Wildman–Crippen LogP) is 4.12. The molecule has 0 aromatic heterocycles. The van der Waals surface area contributed by atoms with Crippen molar-refractivity contribution in [1.29, 1.82) is 0 Å². The van der Waals surface area contributed by atoms with Gasteiger partial charge < -0.3 is 5.32 Å². The lowest BCUT2D eigenvalue weighted by Crippen LogP contribution is -2.57. The minimum Gasteiger partial charge on any atom is -0.315 e. The van der Waals surface area contributed by atoms with E-state index in [4.69, 9.17) is 0 Å². The van der Waals surface area contributed by atoms with Crippen LogP contribution >= 0.6 is 15.9 Å². The fraction of sp³-hybridized carbons (Fsp3) is 0.600. The standard InChI is InChI=1S/C15H22BrN/c1-14(2,3)8-9-15(10-17-11-15)12-4-6-13(16)7-5-12/h4-7,17H,8-11H2,1-3H3. The van der Waals surface area contributed by atoms with E-state index >= 15 is 0 Å². The average molecular weight is 296 g/mol. The number of nitrogens with one attached hydrogen (secondary N) is 1. The molecule has 1 N–H and O–H groups in total. The van der Waals surface area contributed by atoms with Crippen LogP contribution in [0.15, 0.2) is 28.7 Å². The first-order valence-corrected chi connectivity index (χ1v) is 7.17. The zero-order valence-electron chi connectivity index (χ0n) is 11.0. The molecule has 0 saturated carbocycles. The smallest absolute Gasteiger partial charge is 0.0202 e. The number of halogens is 1. The molecule has 1 nitrogen and oxygen atoms in total. The molecule has 0 spiro atoms. The first-order chi connectivity index (χ1) is 7.91. The van der Waals surface area contributed by atoms with Crippen LogP contribution in [0.5, 0.6) is 0 Å². The summed E-state index contributed by atoms with van der Waals surface area (Å²) in [5.74, 6) is 0. The Morgan fingerprint density at radius 2 is 1.76 bits per heavy atom. The van der Waals surface area contributed by atoms with Gasteiger partial charge in [-0.1, -0.05) is 48.8 Å². The number of benzene rings is 1. The van der Waals surface area contributed by atoms with Gasteiger partial charge in [0.1, 0.15) is 0 Å². The Morgan fingerprint density at radius 3 is 2.18 bits per heavy atom. The van der Waals surface area contributed by atoms with Crippen LogP contribution in [0.3, 0.4) is 0 Å². The van der Waals surface area contributed by atoms with Gasteiger partial charge in [0.2, 0.25) is 0 Å². The first-order valence-electron chi connectivity index (χ1n) is 6.38. The summed E-state index contributed by atoms with van der Waals surface area (Å²) < 4.78 is 1.17. The molecule has 0 amide bonds. The highest BCUT2D eigenvalue weighted by atomic mass is 79.9. The molecule has 0 radical (unpaired) electrons. The largest absolute Gasteiger partial charge is 0.315 e. The molecule has 2 rings (SSSR count). The molecule has 1 fully saturated rings. The molecule has 0 bridgehead atoms. The maximum absolute atomic E-state index is 3.51. The highest BCUT2D eigenvalue weighted by molar-refractivity contribution is 9.10. The summed E-state index contributed by atoms with van der Waals surface area (Å²) in [6, 6.07) is 8.86. The van der Waals surface area contributed by atoms with Gasteiger partial charge in [-0.3, -0.25) is 0 Å². The predicted molar refractivity (Wildman–Crippen MR) is 77.4 cm³/mol. The van der Waals surface area contributed by atoms with Crippen molar-refractivity contribution in [2.45, 2.75) is 39.0 Å². The van der Waals surface area contributed by atoms with Crippen molar-refractivity contribution in [3.63, 3.8) is 0 Å². The molecule has 1 aromatic rings. The van der Waals surface area contributed by atoms with E-state index in [2.05, 4.69) is 66.3 Å². The van der Waals surface area contributed by atoms with Crippen molar-refractivity contribution in [2.24, 2.45) is 5.41 Å². The Balaban J connectivity index is 2.11. The third-order valence-corrected chi connectivity index (χ3v) is 4.27. The van der Waals surface area contributed by atoms with E-state index in [1.54, 1.807) is 0 Å². The normalized spacial score (nSPS) is 18.8. The van der Waals surface area contributed by atoms with E-state index in [0.29, 0.717) is 10.8 Å². The average Bonchev–Trinajstić information content (AvgIpc) is 2.17. The van der Waals surface area contributed by atoms with Crippen molar-refractivity contribution in [3.05, 3.63) is 34.3 Å². The molecule has 17 heavy (non-hydrogen) atoms. The molecule has 94 valence electrons. The van der Waals surface area contributed by atoms with Gasteiger partial charge in [-0.2, -0.15) is 0 Å². The number of rotatable bonds is 3. The van der Waals surface area contributed by atoms with Crippen LogP contribution in [0.2, 0.25) is 0 Å². The van der Waals surface area contributed by atoms with Crippen LogP contribution in [0.4, 0.5) is 0 Å². The third-order valence-electron chi connectivity index (χ3n) is 3.74. The second kappa shape index (κ2) is 4.74. The zero-order valence-corrected chi connectivity index (χ0v) is 12.6. The van der Waals surface area contributed by atoms with E-state index in [-0.39, 0.29) is 0 Å². The Bertz CT molecular complexity index is 371. The van der Waals surface area contributed by atoms with E-state index in [1.807, 2.05) is 0 Å². The SMILES string of the molecule is CC(C)(C)CCC1(c2ccc(Br)cc2)CNC1. The third kappa shape index (κ3) is 3.11. The lowest BCUT2D eigenvalue weighted by molar-refractivity contribution is 0.216. The summed E-state index contributed by atoms with van der Waals surface area (Å²) in [4.78, 5) is 0. The molecule has 1 saturated heterocycles. The van der Waals surface area contributed by atoms with Gasteiger partial charge in [-0.15, -0.1) is 0 Å². The van der Waals surface area contributed by atoms with Crippen molar-refractivity contribution in [2.75, 3.05) is 13.1 Å². The second-order valence-corrected chi connectivity index (χ2v) is 7.37. The highest BCUT2D eigenvalue weighted by Crippen LogP contribution is 2.37. The summed E-state index contributed by atoms with van der Waals surface area (Å²) in [6.07, 6.45) is 2.57. The number of hydrogen-bond acceptors (Lipinski definition) is 1. The van der Waals surface area contributed by atoms with Gasteiger partial charge in [0.05, 0.1) is 0 Å². The lowest BCUT2D eigenvalue weighted by Gasteiger charge is -2.44. The topological polar surface area (TPSA) is 12.0 Å². The zero-order chi connectivity index (χ0) is 12.5. The van der Waals surface area contributed by atoms with Gasteiger partial charge in [-0.25, -0.2) is 0 Å². The minimum atomic E-state index is 0.383. The van der Waals surface area contributed by atoms with E-state index in [1.165, 1.54) is 22.9 Å². The maximum atomic E-state index is 3.51. The van der Waals surface area contributed by atoms with Crippen molar-refractivity contribution in [3.8, 4) is 0 Å². The Morgan fingerprint density at radius 1 is 1.18 bits per heavy atom. The molecule has 1 aliphatic heterocycles. The summed E-state index contributed by atoms with van der Waals surface area (Å²) in [7, 11) is 0. The van der Waals surface area contributed by atoms with Crippen molar-refractivity contribution in [1.82, 2.24) is 5.32 Å². The van der Waals surface area contributed by atoms with Crippen LogP contribution < -0.4 is 5.32 Å². The fourth-order valence-electron chi connectivity index (χ4n) is 2.37. The Labute approximate surface area is 113 Å². The summed E-state index contributed by atoms with van der Waals surface area (Å²) in [6.45, 7) is 9.24. The quantitative estimate of drug-likeness (QED) is 0.885. The molecule has 2 heteroatoms. The molecular weight excluding hydrogens is 274 g/mol. The number of hydrogen-bond donors (Lipinski definition) is 1. The molecule has 1 aliphatic rings. The summed E-state index contributed by atoms with van der Waals surface area (Å²) in [5.41, 5.74) is 2.30. The molecule has 1 aromatic carbocycles. The van der Waals surface area contributed by atoms with Crippen LogP contribution in [-0.4, -0.2) is 13.1 Å². The summed E-state index contributed by atoms with van der Waals surface area (Å²) in [5, 5.41) is 3.44. The molecule has 0 unspecified atom stereocenters. The van der Waals surface area contributed by atoms with Gasteiger partial charge in [-0.05, 0) is 36.0 Å². The second-order valence-electron chi connectivity index (χ2n) is 6.45. The van der Waals surface area contributed by atoms with E-state index in [0.717, 1.165) is 13.1 Å². The van der Waals surface area contributed by atoms with Crippen LogP contribution in [0.1, 0.15) is 39.2 Å². The lowest BCUT2D eigenvalue weighted by atomic mass is 9.69. The van der Waals surface area contributed by atoms with Gasteiger partial charge in [0.15, 0.2) is 0 Å². The molecule has 1 heterocycles. The fourth-order valence-corrected chi connectivity index (χ4v) is 2.63. The minimum absolute atomic E-state index is 0.383. The van der Waals surface area contributed by atoms with E-state index in [9.17, 15) is 0 Å². The van der Waals surface area contributed by atoms with Crippen LogP contribution in [-0.2, 0) is 5.41 Å². The molecule has 0 aliphatic carbocycles. The van der Waals surface area contributed by atoms with Crippen LogP contribution in [0.25, 0.3) is 0 Å². The van der Waals surface area contributed by atoms with Crippen molar-refractivity contribution < 1.29 is 0 Å². The van der Waals surface area contributed by atoms with Gasteiger partial charge in [0.25, 0.3) is 0 Å². The Kier molecular flexibility index (Phi) is 3.65. The van der Waals surface area contributed by atoms with E-state index < -0.39 is 0 Å². The Hall–Kier alpha value is -0.340. The maximum Gasteiger partial charge on any atom is 0.0202 e. The summed E-state index contributed by atoms with van der Waals surface area (Å²) >= 11 is 3.51. The van der Waals surface area contributed by atoms with Gasteiger partial charge in [0, 0.05) is 23.0 Å². The molecule has 0 atom stereocenters. The monoisotopic (exact) mass is 295 g/mol.